The van der Waals surface area contributed by atoms with E-state index in [-0.39, 0.29) is 5.60 Å². The van der Waals surface area contributed by atoms with Crippen LogP contribution in [0.1, 0.15) is 46.5 Å². The minimum Gasteiger partial charge on any atom is -0.462 e. The van der Waals surface area contributed by atoms with Gasteiger partial charge in [0.1, 0.15) is 5.60 Å². The number of carbonyl (C=O) groups excluding carboxylic acids is 1. The van der Waals surface area contributed by atoms with Gasteiger partial charge in [0.2, 0.25) is 0 Å². The van der Waals surface area contributed by atoms with Gasteiger partial charge in [0, 0.05) is 12.1 Å². The van der Waals surface area contributed by atoms with E-state index in [0.717, 1.165) is 6.42 Å². The fraction of sp³-hybridized carbons (Fsp3) is 0.909. The van der Waals surface area contributed by atoms with Crippen molar-refractivity contribution in [3.05, 3.63) is 0 Å². The Morgan fingerprint density at radius 3 is 1.80 bits per heavy atom. The lowest BCUT2D eigenvalue weighted by Crippen LogP contribution is -2.35. The van der Waals surface area contributed by atoms with E-state index >= 15 is 0 Å². The molecule has 1 rings (SSSR count). The Bertz CT molecular complexity index is 170. The van der Waals surface area contributed by atoms with Crippen LogP contribution in [-0.4, -0.2) is 24.2 Å². The molecule has 1 aliphatic rings. The molecule has 0 aromatic heterocycles. The van der Waals surface area contributed by atoms with Crippen LogP contribution in [0.5, 0.6) is 0 Å². The van der Waals surface area contributed by atoms with Gasteiger partial charge >= 0.3 is 0 Å². The zero-order chi connectivity index (χ0) is 11.9. The molecule has 1 aliphatic carbocycles. The van der Waals surface area contributed by atoms with Crippen LogP contribution in [0.15, 0.2) is 0 Å². The summed E-state index contributed by atoms with van der Waals surface area (Å²) in [6, 6.07) is 0.775. The first-order valence-electron chi connectivity index (χ1n) is 5.48. The van der Waals surface area contributed by atoms with Crippen LogP contribution in [0, 0.1) is 0 Å². The molecule has 0 bridgehead atoms. The Hall–Kier alpha value is -0.610. The van der Waals surface area contributed by atoms with Crippen molar-refractivity contribution < 1.29 is 9.53 Å². The van der Waals surface area contributed by atoms with Crippen LogP contribution < -0.4 is 11.5 Å². The number of hydrogen-bond acceptors (Lipinski definition) is 4. The summed E-state index contributed by atoms with van der Waals surface area (Å²) >= 11 is 0. The van der Waals surface area contributed by atoms with Crippen LogP contribution in [0.3, 0.4) is 0 Å². The summed E-state index contributed by atoms with van der Waals surface area (Å²) in [6.07, 6.45) is 4.60. The number of carbonyl (C=O) groups is 1. The maximum atomic E-state index is 9.60. The second-order valence-electron chi connectivity index (χ2n) is 5.01. The number of nitrogens with two attached hydrogens (primary N) is 2. The molecule has 4 nitrogen and oxygen atoms in total. The summed E-state index contributed by atoms with van der Waals surface area (Å²) in [5.74, 6) is 0. The lowest BCUT2D eigenvalue weighted by atomic mass is 9.92. The highest BCUT2D eigenvalue weighted by atomic mass is 16.5. The number of ether oxygens (including phenoxy) is 1. The van der Waals surface area contributed by atoms with Crippen molar-refractivity contribution in [1.29, 1.82) is 0 Å². The minimum atomic E-state index is -0.318. The van der Waals surface area contributed by atoms with E-state index in [0.29, 0.717) is 18.6 Å². The summed E-state index contributed by atoms with van der Waals surface area (Å²) in [7, 11) is 0. The summed E-state index contributed by atoms with van der Waals surface area (Å²) in [5, 5.41) is 0. The van der Waals surface area contributed by atoms with Crippen LogP contribution in [-0.2, 0) is 9.53 Å². The highest BCUT2D eigenvalue weighted by Crippen LogP contribution is 2.14. The van der Waals surface area contributed by atoms with Crippen molar-refractivity contribution in [2.24, 2.45) is 11.5 Å². The van der Waals surface area contributed by atoms with E-state index in [2.05, 4.69) is 4.74 Å². The molecule has 0 aromatic carbocycles. The number of hydrogen-bond donors (Lipinski definition) is 2. The predicted molar refractivity (Wildman–Crippen MR) is 61.3 cm³/mol. The standard InChI is InChI=1S/C6H14N2.C5H10O2/c7-5-2-1-3-6(8)4-5;1-5(2,3)7-4-6/h5-6H,1-4,7-8H2;4H,1-3H3. The van der Waals surface area contributed by atoms with Gasteiger partial charge in [0.15, 0.2) is 0 Å². The Kier molecular flexibility index (Phi) is 6.52. The molecule has 1 fully saturated rings. The second kappa shape index (κ2) is 6.80. The first-order valence-corrected chi connectivity index (χ1v) is 5.48. The molecule has 2 unspecified atom stereocenters. The Balaban J connectivity index is 0.000000265. The van der Waals surface area contributed by atoms with Gasteiger partial charge in [-0.3, -0.25) is 4.79 Å². The normalized spacial score (nSPS) is 26.2. The van der Waals surface area contributed by atoms with Gasteiger partial charge in [-0.2, -0.15) is 0 Å². The molecule has 0 aliphatic heterocycles. The van der Waals surface area contributed by atoms with Crippen LogP contribution in [0.25, 0.3) is 0 Å². The molecule has 4 heteroatoms. The van der Waals surface area contributed by atoms with Gasteiger partial charge < -0.3 is 16.2 Å². The van der Waals surface area contributed by atoms with Gasteiger partial charge in [0.25, 0.3) is 6.47 Å². The molecule has 0 amide bonds. The maximum Gasteiger partial charge on any atom is 0.293 e. The van der Waals surface area contributed by atoms with Gasteiger partial charge in [-0.25, -0.2) is 0 Å². The first kappa shape index (κ1) is 14.4. The van der Waals surface area contributed by atoms with Crippen molar-refractivity contribution >= 4 is 6.47 Å². The third kappa shape index (κ3) is 9.69. The molecule has 90 valence electrons. The summed E-state index contributed by atoms with van der Waals surface area (Å²) in [4.78, 5) is 9.60. The zero-order valence-electron chi connectivity index (χ0n) is 10.0. The van der Waals surface area contributed by atoms with Crippen LogP contribution >= 0.6 is 0 Å². The molecule has 15 heavy (non-hydrogen) atoms. The Labute approximate surface area is 92.3 Å². The SMILES string of the molecule is CC(C)(C)OC=O.NC1CCCC(N)C1. The summed E-state index contributed by atoms with van der Waals surface area (Å²) in [6.45, 7) is 5.92. The molecule has 0 aromatic rings. The average molecular weight is 216 g/mol. The van der Waals surface area contributed by atoms with Crippen molar-refractivity contribution in [2.45, 2.75) is 64.1 Å². The molecular formula is C11H24N2O2. The van der Waals surface area contributed by atoms with E-state index in [9.17, 15) is 4.79 Å². The van der Waals surface area contributed by atoms with E-state index in [1.165, 1.54) is 19.3 Å². The van der Waals surface area contributed by atoms with Crippen molar-refractivity contribution in [2.75, 3.05) is 0 Å². The monoisotopic (exact) mass is 216 g/mol. The molecule has 0 radical (unpaired) electrons. The maximum absolute atomic E-state index is 9.60. The van der Waals surface area contributed by atoms with Gasteiger partial charge in [0.05, 0.1) is 0 Å². The summed E-state index contributed by atoms with van der Waals surface area (Å²) < 4.78 is 4.55. The highest BCUT2D eigenvalue weighted by molar-refractivity contribution is 5.37. The lowest BCUT2D eigenvalue weighted by molar-refractivity contribution is -0.138. The van der Waals surface area contributed by atoms with Crippen molar-refractivity contribution in [3.8, 4) is 0 Å². The van der Waals surface area contributed by atoms with Crippen LogP contribution in [0.2, 0.25) is 0 Å². The lowest BCUT2D eigenvalue weighted by Gasteiger charge is -2.22. The second-order valence-corrected chi connectivity index (χ2v) is 5.01. The molecule has 1 saturated carbocycles. The third-order valence-corrected chi connectivity index (χ3v) is 2.16. The minimum absolute atomic E-state index is 0.318. The molecule has 4 N–H and O–H groups in total. The molecule has 0 heterocycles. The van der Waals surface area contributed by atoms with Crippen LogP contribution in [0.4, 0.5) is 0 Å². The summed E-state index contributed by atoms with van der Waals surface area (Å²) in [5.41, 5.74) is 11.0. The number of rotatable bonds is 1. The van der Waals surface area contributed by atoms with Gasteiger partial charge in [-0.1, -0.05) is 6.42 Å². The Morgan fingerprint density at radius 1 is 1.20 bits per heavy atom. The van der Waals surface area contributed by atoms with Crippen molar-refractivity contribution in [1.82, 2.24) is 0 Å². The zero-order valence-corrected chi connectivity index (χ0v) is 10.0. The Morgan fingerprint density at radius 2 is 1.67 bits per heavy atom. The molecule has 2 atom stereocenters. The average Bonchev–Trinajstić information content (AvgIpc) is 2.01. The smallest absolute Gasteiger partial charge is 0.293 e. The van der Waals surface area contributed by atoms with E-state index in [4.69, 9.17) is 11.5 Å². The topological polar surface area (TPSA) is 78.3 Å². The highest BCUT2D eigenvalue weighted by Gasteiger charge is 2.14. The fourth-order valence-electron chi connectivity index (χ4n) is 1.41. The predicted octanol–water partition coefficient (Wildman–Crippen LogP) is 1.17. The molecule has 0 spiro atoms. The van der Waals surface area contributed by atoms with E-state index in [1.807, 2.05) is 20.8 Å². The first-order chi connectivity index (χ1) is 6.85. The fourth-order valence-corrected chi connectivity index (χ4v) is 1.41. The molecular weight excluding hydrogens is 192 g/mol. The van der Waals surface area contributed by atoms with Gasteiger partial charge in [-0.15, -0.1) is 0 Å². The molecule has 0 saturated heterocycles. The quantitative estimate of drug-likeness (QED) is 0.645. The van der Waals surface area contributed by atoms with E-state index < -0.39 is 0 Å². The largest absolute Gasteiger partial charge is 0.462 e. The third-order valence-electron chi connectivity index (χ3n) is 2.16. The van der Waals surface area contributed by atoms with Crippen molar-refractivity contribution in [3.63, 3.8) is 0 Å². The van der Waals surface area contributed by atoms with Gasteiger partial charge in [-0.05, 0) is 40.0 Å². The van der Waals surface area contributed by atoms with E-state index in [1.54, 1.807) is 0 Å².